The van der Waals surface area contributed by atoms with Crippen molar-refractivity contribution in [3.8, 4) is 40.6 Å². The number of benzene rings is 5. The number of hydrogen-bond acceptors (Lipinski definition) is 10. The average molecular weight is 925 g/mol. The van der Waals surface area contributed by atoms with Crippen LogP contribution in [-0.2, 0) is 14.3 Å². The highest BCUT2D eigenvalue weighted by atomic mass is 16.5. The molecule has 0 amide bonds. The van der Waals surface area contributed by atoms with Crippen LogP contribution in [0.25, 0.3) is 10.8 Å². The minimum absolute atomic E-state index is 0.237. The van der Waals surface area contributed by atoms with Gasteiger partial charge in [-0.05, 0) is 153 Å². The number of carbonyl (C=O) groups excluding carboxylic acids is 3. The fourth-order valence-corrected chi connectivity index (χ4v) is 7.07. The molecule has 5 rings (SSSR count). The van der Waals surface area contributed by atoms with E-state index in [1.807, 2.05) is 36.4 Å². The third-order valence-electron chi connectivity index (χ3n) is 11.0. The number of carbonyl (C=O) groups is 3. The fourth-order valence-electron chi connectivity index (χ4n) is 7.07. The maximum Gasteiger partial charge on any atom is 0.343 e. The average Bonchev–Trinajstić information content (AvgIpc) is 3.36. The normalized spacial score (nSPS) is 10.7. The van der Waals surface area contributed by atoms with Crippen molar-refractivity contribution in [2.45, 2.75) is 110 Å². The van der Waals surface area contributed by atoms with E-state index in [1.165, 1.54) is 12.1 Å². The van der Waals surface area contributed by atoms with Gasteiger partial charge in [-0.2, -0.15) is 0 Å². The van der Waals surface area contributed by atoms with E-state index < -0.39 is 11.9 Å². The maximum atomic E-state index is 13.1. The zero-order chi connectivity index (χ0) is 48.0. The monoisotopic (exact) mass is 924 g/mol. The van der Waals surface area contributed by atoms with Crippen molar-refractivity contribution in [1.82, 2.24) is 0 Å². The second-order valence-corrected chi connectivity index (χ2v) is 16.6. The van der Waals surface area contributed by atoms with Gasteiger partial charge in [0.15, 0.2) is 0 Å². The molecule has 0 fully saturated rings. The Morgan fingerprint density at radius 1 is 0.456 bits per heavy atom. The molecule has 0 atom stereocenters. The van der Waals surface area contributed by atoms with Crippen LogP contribution in [0.4, 0.5) is 0 Å². The van der Waals surface area contributed by atoms with Crippen molar-refractivity contribution in [1.29, 1.82) is 0 Å². The van der Waals surface area contributed by atoms with Gasteiger partial charge in [-0.15, -0.1) is 0 Å². The van der Waals surface area contributed by atoms with E-state index in [1.54, 1.807) is 36.4 Å². The predicted octanol–water partition coefficient (Wildman–Crippen LogP) is 13.5. The van der Waals surface area contributed by atoms with Crippen LogP contribution in [-0.4, -0.2) is 57.5 Å². The fraction of sp³-hybridized carbons (Fsp3) is 0.397. The Balaban J connectivity index is 0.961. The van der Waals surface area contributed by atoms with Crippen LogP contribution in [0.2, 0.25) is 0 Å². The quantitative estimate of drug-likeness (QED) is 0.0140. The van der Waals surface area contributed by atoms with Crippen molar-refractivity contribution < 1.29 is 47.5 Å². The summed E-state index contributed by atoms with van der Waals surface area (Å²) in [7, 11) is 0. The first-order valence-electron chi connectivity index (χ1n) is 24.4. The van der Waals surface area contributed by atoms with Gasteiger partial charge in [-0.3, -0.25) is 0 Å². The van der Waals surface area contributed by atoms with Crippen LogP contribution in [0, 0.1) is 11.8 Å². The topological polar surface area (TPSA) is 116 Å². The molecule has 0 heterocycles. The number of hydrogen-bond donors (Lipinski definition) is 0. The molecule has 5 aromatic carbocycles. The van der Waals surface area contributed by atoms with Crippen LogP contribution in [0.15, 0.2) is 116 Å². The lowest BCUT2D eigenvalue weighted by Crippen LogP contribution is -2.12. The Labute approximate surface area is 403 Å². The van der Waals surface area contributed by atoms with Crippen LogP contribution in [0.1, 0.15) is 142 Å². The standard InChI is InChI=1S/C58H68O10/c1-4-7-15-41-67-58(61)54-44-53(68-57(60)47-26-31-51(32-27-47)62-36-8-5-2)34-35-55(54)65-39-18-12-10-9-11-16-37-63-50-29-23-45(24-30-50)20-21-46-22-25-49-43-52(33-28-48(49)42-46)64-38-17-13-14-19-40-66-56(59)6-3/h6,22-35,42-44H,3-5,7-19,36-41H2,1-2H3. The lowest BCUT2D eigenvalue weighted by atomic mass is 10.1. The van der Waals surface area contributed by atoms with Crippen LogP contribution >= 0.6 is 0 Å². The van der Waals surface area contributed by atoms with Crippen molar-refractivity contribution in [2.24, 2.45) is 0 Å². The van der Waals surface area contributed by atoms with Crippen LogP contribution < -0.4 is 23.7 Å². The second kappa shape index (κ2) is 30.5. The molecule has 10 heteroatoms. The van der Waals surface area contributed by atoms with Crippen molar-refractivity contribution >= 4 is 28.7 Å². The largest absolute Gasteiger partial charge is 0.494 e. The van der Waals surface area contributed by atoms with Gasteiger partial charge in [0.1, 0.15) is 34.3 Å². The van der Waals surface area contributed by atoms with Crippen molar-refractivity contribution in [3.05, 3.63) is 138 Å². The molecule has 10 nitrogen and oxygen atoms in total. The highest BCUT2D eigenvalue weighted by Crippen LogP contribution is 2.27. The van der Waals surface area contributed by atoms with Crippen molar-refractivity contribution in [3.63, 3.8) is 0 Å². The summed E-state index contributed by atoms with van der Waals surface area (Å²) in [5, 5.41) is 2.21. The van der Waals surface area contributed by atoms with E-state index in [2.05, 4.69) is 56.5 Å². The Morgan fingerprint density at radius 3 is 1.63 bits per heavy atom. The van der Waals surface area contributed by atoms with E-state index in [4.69, 9.17) is 33.2 Å². The summed E-state index contributed by atoms with van der Waals surface area (Å²) >= 11 is 0. The summed E-state index contributed by atoms with van der Waals surface area (Å²) in [6, 6.07) is 31.9. The molecule has 5 aromatic rings. The van der Waals surface area contributed by atoms with E-state index in [0.29, 0.717) is 56.7 Å². The smallest absolute Gasteiger partial charge is 0.343 e. The minimum Gasteiger partial charge on any atom is -0.494 e. The van der Waals surface area contributed by atoms with Gasteiger partial charge in [0.05, 0.1) is 45.2 Å². The summed E-state index contributed by atoms with van der Waals surface area (Å²) in [5.41, 5.74) is 2.48. The molecule has 0 radical (unpaired) electrons. The molecule has 0 saturated carbocycles. The lowest BCUT2D eigenvalue weighted by Gasteiger charge is -2.13. The van der Waals surface area contributed by atoms with Gasteiger partial charge < -0.3 is 33.2 Å². The number of rotatable bonds is 31. The van der Waals surface area contributed by atoms with Gasteiger partial charge in [0.25, 0.3) is 0 Å². The van der Waals surface area contributed by atoms with Gasteiger partial charge in [-0.1, -0.05) is 89.3 Å². The molecule has 0 aliphatic rings. The summed E-state index contributed by atoms with van der Waals surface area (Å²) in [6.45, 7) is 10.7. The third-order valence-corrected chi connectivity index (χ3v) is 11.0. The number of esters is 3. The van der Waals surface area contributed by atoms with Crippen LogP contribution in [0.3, 0.4) is 0 Å². The maximum absolute atomic E-state index is 13.1. The molecule has 0 aromatic heterocycles. The molecule has 360 valence electrons. The summed E-state index contributed by atoms with van der Waals surface area (Å²) in [4.78, 5) is 37.2. The molecule has 68 heavy (non-hydrogen) atoms. The molecular weight excluding hydrogens is 857 g/mol. The third kappa shape index (κ3) is 19.2. The number of ether oxygens (including phenoxy) is 7. The van der Waals surface area contributed by atoms with E-state index in [-0.39, 0.29) is 17.3 Å². The molecule has 0 unspecified atom stereocenters. The molecule has 0 bridgehead atoms. The molecule has 0 aliphatic carbocycles. The van der Waals surface area contributed by atoms with Crippen molar-refractivity contribution in [2.75, 3.05) is 39.6 Å². The van der Waals surface area contributed by atoms with Gasteiger partial charge >= 0.3 is 17.9 Å². The molecule has 0 spiro atoms. The molecule has 0 N–H and O–H groups in total. The highest BCUT2D eigenvalue weighted by molar-refractivity contribution is 5.94. The SMILES string of the molecule is C=CC(=O)OCCCCCCOc1ccc2cc(C#Cc3ccc(OCCCCCCCCOc4ccc(OC(=O)c5ccc(OCCCC)cc5)cc4C(=O)OCCCCC)cc3)ccc2c1. The Kier molecular flexibility index (Phi) is 23.5. The first kappa shape index (κ1) is 52.2. The Hall–Kier alpha value is -6.73. The first-order chi connectivity index (χ1) is 33.3. The second-order valence-electron chi connectivity index (χ2n) is 16.6. The summed E-state index contributed by atoms with van der Waals surface area (Å²) in [5.74, 6) is 8.17. The lowest BCUT2D eigenvalue weighted by molar-refractivity contribution is -0.137. The predicted molar refractivity (Wildman–Crippen MR) is 268 cm³/mol. The Morgan fingerprint density at radius 2 is 0.956 bits per heavy atom. The zero-order valence-corrected chi connectivity index (χ0v) is 40.0. The van der Waals surface area contributed by atoms with Gasteiger partial charge in [0.2, 0.25) is 0 Å². The summed E-state index contributed by atoms with van der Waals surface area (Å²) in [6.07, 6.45) is 15.7. The summed E-state index contributed by atoms with van der Waals surface area (Å²) < 4.78 is 40.0. The number of unbranched alkanes of at least 4 members (excludes halogenated alkanes) is 11. The van der Waals surface area contributed by atoms with E-state index >= 15 is 0 Å². The number of fused-ring (bicyclic) bond motifs is 1. The van der Waals surface area contributed by atoms with E-state index in [9.17, 15) is 14.4 Å². The van der Waals surface area contributed by atoms with Gasteiger partial charge in [0, 0.05) is 17.2 Å². The zero-order valence-electron chi connectivity index (χ0n) is 40.0. The highest BCUT2D eigenvalue weighted by Gasteiger charge is 2.18. The van der Waals surface area contributed by atoms with E-state index in [0.717, 1.165) is 130 Å². The molecule has 0 saturated heterocycles. The first-order valence-corrected chi connectivity index (χ1v) is 24.4. The van der Waals surface area contributed by atoms with Gasteiger partial charge in [-0.25, -0.2) is 14.4 Å². The minimum atomic E-state index is -0.534. The molecule has 0 aliphatic heterocycles. The van der Waals surface area contributed by atoms with Crippen LogP contribution in [0.5, 0.6) is 28.7 Å². The molecular formula is C58H68O10. The Bertz CT molecular complexity index is 2380.